The number of aromatic nitrogens is 4. The lowest BCUT2D eigenvalue weighted by molar-refractivity contribution is -0.128. The number of carbonyl (C=O) groups excluding carboxylic acids is 2. The summed E-state index contributed by atoms with van der Waals surface area (Å²) in [5.41, 5.74) is 0.769. The molecule has 0 saturated carbocycles. The van der Waals surface area contributed by atoms with Crippen molar-refractivity contribution in [1.29, 1.82) is 0 Å². The van der Waals surface area contributed by atoms with Gasteiger partial charge in [-0.2, -0.15) is 5.10 Å². The highest BCUT2D eigenvalue weighted by Crippen LogP contribution is 2.29. The minimum atomic E-state index is -0.502. The molecule has 3 rings (SSSR count). The lowest BCUT2D eigenvalue weighted by atomic mass is 9.96. The quantitative estimate of drug-likeness (QED) is 0.408. The number of anilines is 1. The first-order valence-corrected chi connectivity index (χ1v) is 12.8. The second-order valence-corrected chi connectivity index (χ2v) is 11.4. The maximum atomic E-state index is 12.3. The molecule has 2 aromatic rings. The van der Waals surface area contributed by atoms with Crippen LogP contribution in [0.15, 0.2) is 18.6 Å². The van der Waals surface area contributed by atoms with Crippen LogP contribution in [0.25, 0.3) is 11.1 Å². The van der Waals surface area contributed by atoms with Gasteiger partial charge in [-0.05, 0) is 51.6 Å². The van der Waals surface area contributed by atoms with Crippen molar-refractivity contribution in [2.45, 2.75) is 72.4 Å². The number of ether oxygens (including phenoxy) is 1. The Labute approximate surface area is 218 Å². The average molecular weight is 520 g/mol. The fourth-order valence-electron chi connectivity index (χ4n) is 3.78. The van der Waals surface area contributed by atoms with E-state index in [-0.39, 0.29) is 23.3 Å². The molecule has 0 radical (unpaired) electrons. The zero-order valence-electron chi connectivity index (χ0n) is 22.1. The zero-order valence-corrected chi connectivity index (χ0v) is 22.9. The second-order valence-electron chi connectivity index (χ2n) is 11.1. The lowest BCUT2D eigenvalue weighted by Gasteiger charge is -2.33. The molecule has 0 atom stereocenters. The fraction of sp³-hybridized carbons (Fsp3) is 0.640. The van der Waals surface area contributed by atoms with Crippen molar-refractivity contribution >= 4 is 29.4 Å². The number of amides is 2. The van der Waals surface area contributed by atoms with E-state index in [2.05, 4.69) is 25.7 Å². The number of hydrogen-bond acceptors (Lipinski definition) is 7. The predicted octanol–water partition coefficient (Wildman–Crippen LogP) is 4.53. The normalized spacial score (nSPS) is 15.0. The van der Waals surface area contributed by atoms with Crippen LogP contribution in [-0.4, -0.2) is 68.4 Å². The molecular formula is C25H38ClN7O3. The molecule has 1 saturated heterocycles. The fourth-order valence-corrected chi connectivity index (χ4v) is 3.92. The van der Waals surface area contributed by atoms with E-state index < -0.39 is 11.0 Å². The zero-order chi connectivity index (χ0) is 26.5. The molecule has 0 aromatic carbocycles. The van der Waals surface area contributed by atoms with Gasteiger partial charge in [0.05, 0.1) is 12.2 Å². The van der Waals surface area contributed by atoms with Crippen LogP contribution in [0.2, 0.25) is 5.28 Å². The van der Waals surface area contributed by atoms with Crippen LogP contribution in [0.1, 0.15) is 66.8 Å². The van der Waals surface area contributed by atoms with Gasteiger partial charge in [0, 0.05) is 55.1 Å². The molecule has 36 heavy (non-hydrogen) atoms. The molecule has 2 amide bonds. The molecule has 10 nitrogen and oxygen atoms in total. The van der Waals surface area contributed by atoms with Crippen LogP contribution in [-0.2, 0) is 9.53 Å². The first-order valence-electron chi connectivity index (χ1n) is 12.4. The predicted molar refractivity (Wildman–Crippen MR) is 140 cm³/mol. The molecule has 0 unspecified atom stereocenters. The molecule has 0 spiro atoms. The van der Waals surface area contributed by atoms with Crippen molar-refractivity contribution in [2.75, 3.05) is 31.5 Å². The Hall–Kier alpha value is -2.88. The highest BCUT2D eigenvalue weighted by molar-refractivity contribution is 6.28. The van der Waals surface area contributed by atoms with Crippen molar-refractivity contribution in [3.8, 4) is 11.1 Å². The van der Waals surface area contributed by atoms with Gasteiger partial charge in [-0.15, -0.1) is 0 Å². The summed E-state index contributed by atoms with van der Waals surface area (Å²) in [6.45, 7) is 13.7. The lowest BCUT2D eigenvalue weighted by Crippen LogP contribution is -2.42. The number of hydrogen-bond donors (Lipinski definition) is 2. The molecule has 0 aliphatic carbocycles. The van der Waals surface area contributed by atoms with Gasteiger partial charge in [-0.25, -0.2) is 14.8 Å². The molecule has 2 aromatic heterocycles. The highest BCUT2D eigenvalue weighted by Gasteiger charge is 2.28. The van der Waals surface area contributed by atoms with Crippen LogP contribution < -0.4 is 10.6 Å². The summed E-state index contributed by atoms with van der Waals surface area (Å²) in [4.78, 5) is 34.6. The van der Waals surface area contributed by atoms with Crippen molar-refractivity contribution in [2.24, 2.45) is 5.41 Å². The van der Waals surface area contributed by atoms with Gasteiger partial charge >= 0.3 is 6.09 Å². The Balaban J connectivity index is 1.58. The molecule has 1 aliphatic heterocycles. The topological polar surface area (TPSA) is 114 Å². The van der Waals surface area contributed by atoms with Gasteiger partial charge in [0.25, 0.3) is 0 Å². The van der Waals surface area contributed by atoms with E-state index in [1.165, 1.54) is 0 Å². The number of piperidine rings is 1. The van der Waals surface area contributed by atoms with Crippen LogP contribution in [0, 0.1) is 5.41 Å². The third-order valence-electron chi connectivity index (χ3n) is 5.77. The third kappa shape index (κ3) is 7.81. The number of carbonyl (C=O) groups is 2. The molecule has 0 bridgehead atoms. The van der Waals surface area contributed by atoms with E-state index in [0.717, 1.165) is 30.4 Å². The molecule has 2 N–H and O–H groups in total. The molecule has 1 fully saturated rings. The summed E-state index contributed by atoms with van der Waals surface area (Å²) in [6, 6.07) is 0.188. The Morgan fingerprint density at radius 2 is 1.81 bits per heavy atom. The Bertz CT molecular complexity index is 1050. The number of nitrogens with zero attached hydrogens (tertiary/aromatic N) is 5. The SMILES string of the molecule is CC(C)(C)OC(=O)N1CCC(n2cc(-c3cnc(Cl)nc3NCCCNC(=O)C(C)(C)C)cn2)CC1. The maximum Gasteiger partial charge on any atom is 0.410 e. The van der Waals surface area contributed by atoms with E-state index in [9.17, 15) is 9.59 Å². The van der Waals surface area contributed by atoms with Gasteiger partial charge in [0.2, 0.25) is 11.2 Å². The summed E-state index contributed by atoms with van der Waals surface area (Å²) >= 11 is 6.06. The number of nitrogens with one attached hydrogen (secondary N) is 2. The number of likely N-dealkylation sites (tertiary alicyclic amines) is 1. The standard InChI is InChI=1S/C25H38ClN7O3/c1-24(2,3)21(34)28-11-7-10-27-20-19(15-29-22(26)31-20)17-14-30-33(16-17)18-8-12-32(13-9-18)23(35)36-25(4,5)6/h14-16,18H,7-13H2,1-6H3,(H,28,34)(H,27,29,31). The van der Waals surface area contributed by atoms with E-state index in [1.54, 1.807) is 17.3 Å². The van der Waals surface area contributed by atoms with E-state index in [4.69, 9.17) is 16.3 Å². The largest absolute Gasteiger partial charge is 0.444 e. The van der Waals surface area contributed by atoms with Crippen molar-refractivity contribution in [1.82, 2.24) is 30.0 Å². The minimum absolute atomic E-state index is 0.0256. The highest BCUT2D eigenvalue weighted by atomic mass is 35.5. The summed E-state index contributed by atoms with van der Waals surface area (Å²) in [5, 5.41) is 11.0. The van der Waals surface area contributed by atoms with Gasteiger partial charge in [0.1, 0.15) is 11.4 Å². The molecule has 198 valence electrons. The van der Waals surface area contributed by atoms with E-state index in [1.807, 2.05) is 52.4 Å². The summed E-state index contributed by atoms with van der Waals surface area (Å²) in [6.07, 6.45) is 7.51. The molecular weight excluding hydrogens is 482 g/mol. The van der Waals surface area contributed by atoms with Crippen molar-refractivity contribution in [3.63, 3.8) is 0 Å². The summed E-state index contributed by atoms with van der Waals surface area (Å²) < 4.78 is 7.44. The minimum Gasteiger partial charge on any atom is -0.444 e. The van der Waals surface area contributed by atoms with Crippen molar-refractivity contribution < 1.29 is 14.3 Å². The van der Waals surface area contributed by atoms with Crippen molar-refractivity contribution in [3.05, 3.63) is 23.9 Å². The number of rotatable bonds is 7. The average Bonchev–Trinajstić information content (AvgIpc) is 3.27. The monoisotopic (exact) mass is 519 g/mol. The number of halogens is 1. The smallest absolute Gasteiger partial charge is 0.410 e. The van der Waals surface area contributed by atoms with Gasteiger partial charge in [-0.1, -0.05) is 20.8 Å². The van der Waals surface area contributed by atoms with Crippen LogP contribution >= 0.6 is 11.6 Å². The van der Waals surface area contributed by atoms with Crippen LogP contribution in [0.5, 0.6) is 0 Å². The first kappa shape index (κ1) is 27.7. The van der Waals surface area contributed by atoms with Gasteiger partial charge < -0.3 is 20.3 Å². The third-order valence-corrected chi connectivity index (χ3v) is 5.96. The van der Waals surface area contributed by atoms with Crippen LogP contribution in [0.4, 0.5) is 10.6 Å². The van der Waals surface area contributed by atoms with Gasteiger partial charge in [-0.3, -0.25) is 9.48 Å². The van der Waals surface area contributed by atoms with E-state index in [0.29, 0.717) is 32.0 Å². The van der Waals surface area contributed by atoms with Crippen LogP contribution in [0.3, 0.4) is 0 Å². The first-order chi connectivity index (χ1) is 16.8. The summed E-state index contributed by atoms with van der Waals surface area (Å²) in [7, 11) is 0. The second kappa shape index (κ2) is 11.5. The maximum absolute atomic E-state index is 12.3. The Morgan fingerprint density at radius 1 is 1.11 bits per heavy atom. The van der Waals surface area contributed by atoms with E-state index >= 15 is 0 Å². The summed E-state index contributed by atoms with van der Waals surface area (Å²) in [5.74, 6) is 0.647. The molecule has 3 heterocycles. The molecule has 1 aliphatic rings. The van der Waals surface area contributed by atoms with Gasteiger partial charge in [0.15, 0.2) is 0 Å². The molecule has 11 heteroatoms. The Kier molecular flexibility index (Phi) is 8.81. The Morgan fingerprint density at radius 3 is 2.44 bits per heavy atom.